The fourth-order valence-electron chi connectivity index (χ4n) is 2.91. The topological polar surface area (TPSA) is 115 Å². The summed E-state index contributed by atoms with van der Waals surface area (Å²) >= 11 is 1.31. The van der Waals surface area contributed by atoms with Gasteiger partial charge in [-0.2, -0.15) is 0 Å². The van der Waals surface area contributed by atoms with Gasteiger partial charge >= 0.3 is 0 Å². The Hall–Kier alpha value is -2.85. The third-order valence-electron chi connectivity index (χ3n) is 4.26. The van der Waals surface area contributed by atoms with E-state index in [0.29, 0.717) is 11.7 Å². The minimum atomic E-state index is -0.526. The van der Waals surface area contributed by atoms with Gasteiger partial charge in [-0.3, -0.25) is 19.7 Å². The summed E-state index contributed by atoms with van der Waals surface area (Å²) in [5.74, 6) is -0.738. The van der Waals surface area contributed by atoms with Gasteiger partial charge in [0.05, 0.1) is 16.7 Å². The Morgan fingerprint density at radius 3 is 2.71 bits per heavy atom. The quantitative estimate of drug-likeness (QED) is 0.560. The van der Waals surface area contributed by atoms with Crippen LogP contribution < -0.4 is 5.32 Å². The molecule has 2 heterocycles. The summed E-state index contributed by atoms with van der Waals surface area (Å²) < 4.78 is 5.60. The van der Waals surface area contributed by atoms with Crippen LogP contribution in [-0.4, -0.2) is 52.4 Å². The summed E-state index contributed by atoms with van der Waals surface area (Å²) in [5, 5.41) is 15.8. The number of ether oxygens (including phenoxy) is 1. The lowest BCUT2D eigenvalue weighted by molar-refractivity contribution is -0.384. The van der Waals surface area contributed by atoms with Crippen molar-refractivity contribution in [2.75, 3.05) is 25.0 Å². The number of nitrogens with zero attached hydrogens (tertiary/aromatic N) is 3. The third kappa shape index (κ3) is 5.11. The number of aromatic nitrogens is 1. The average Bonchev–Trinajstić information content (AvgIpc) is 3.32. The molecule has 0 saturated carbocycles. The maximum atomic E-state index is 12.9. The number of rotatable bonds is 7. The molecule has 148 valence electrons. The molecule has 1 saturated heterocycles. The van der Waals surface area contributed by atoms with E-state index in [4.69, 9.17) is 4.74 Å². The molecule has 1 atom stereocenters. The van der Waals surface area contributed by atoms with Crippen LogP contribution in [0.1, 0.15) is 28.9 Å². The number of non-ortho nitro benzene ring substituents is 1. The van der Waals surface area contributed by atoms with Crippen LogP contribution in [0.15, 0.2) is 29.6 Å². The number of nitro groups is 1. The van der Waals surface area contributed by atoms with Crippen LogP contribution in [-0.2, 0) is 9.53 Å². The summed E-state index contributed by atoms with van der Waals surface area (Å²) in [7, 11) is 0. The van der Waals surface area contributed by atoms with E-state index in [0.717, 1.165) is 18.5 Å². The van der Waals surface area contributed by atoms with Gasteiger partial charge in [0, 0.05) is 36.2 Å². The van der Waals surface area contributed by atoms with Crippen molar-refractivity contribution in [1.29, 1.82) is 0 Å². The summed E-state index contributed by atoms with van der Waals surface area (Å²) in [6.07, 6.45) is 1.60. The lowest BCUT2D eigenvalue weighted by atomic mass is 10.1. The molecule has 0 aliphatic carbocycles. The molecular formula is C18H20N4O5S. The molecule has 3 rings (SSSR count). The Kier molecular flexibility index (Phi) is 6.32. The Balaban J connectivity index is 1.72. The number of nitro benzene ring substituents is 1. The van der Waals surface area contributed by atoms with E-state index in [1.165, 1.54) is 40.5 Å². The molecular weight excluding hydrogens is 384 g/mol. The SMILES string of the molecule is Cc1csc(NC(=O)CN(C[C@@H]2CCCO2)C(=O)c2ccc([N+](=O)[O-])cc2)n1. The number of amides is 2. The standard InChI is InChI=1S/C18H20N4O5S/c1-12-11-28-18(19-12)20-16(23)10-21(9-15-3-2-8-27-15)17(24)13-4-6-14(7-5-13)22(25)26/h4-7,11,15H,2-3,8-10H2,1H3,(H,19,20,23)/t15-/m0/s1. The first-order valence-corrected chi connectivity index (χ1v) is 9.67. The Bertz CT molecular complexity index is 861. The number of aryl methyl sites for hydroxylation is 1. The molecule has 9 nitrogen and oxygen atoms in total. The van der Waals surface area contributed by atoms with Gasteiger partial charge < -0.3 is 15.0 Å². The van der Waals surface area contributed by atoms with Crippen molar-refractivity contribution in [3.63, 3.8) is 0 Å². The fourth-order valence-corrected chi connectivity index (χ4v) is 3.61. The minimum absolute atomic E-state index is 0.0980. The number of benzene rings is 1. The first kappa shape index (κ1) is 19.9. The van der Waals surface area contributed by atoms with Gasteiger partial charge in [0.15, 0.2) is 5.13 Å². The van der Waals surface area contributed by atoms with E-state index in [1.807, 2.05) is 12.3 Å². The van der Waals surface area contributed by atoms with Crippen molar-refractivity contribution >= 4 is 34.0 Å². The van der Waals surface area contributed by atoms with Gasteiger partial charge in [0.1, 0.15) is 6.54 Å². The van der Waals surface area contributed by atoms with E-state index in [2.05, 4.69) is 10.3 Å². The molecule has 1 aliphatic heterocycles. The zero-order valence-corrected chi connectivity index (χ0v) is 16.1. The lowest BCUT2D eigenvalue weighted by Gasteiger charge is -2.25. The largest absolute Gasteiger partial charge is 0.376 e. The first-order valence-electron chi connectivity index (χ1n) is 8.79. The van der Waals surface area contributed by atoms with Crippen LogP contribution in [0.2, 0.25) is 0 Å². The van der Waals surface area contributed by atoms with Gasteiger partial charge in [-0.15, -0.1) is 11.3 Å². The van der Waals surface area contributed by atoms with Crippen LogP contribution in [0, 0.1) is 17.0 Å². The average molecular weight is 404 g/mol. The highest BCUT2D eigenvalue weighted by atomic mass is 32.1. The molecule has 1 fully saturated rings. The molecule has 2 amide bonds. The van der Waals surface area contributed by atoms with E-state index in [1.54, 1.807) is 0 Å². The van der Waals surface area contributed by atoms with Gasteiger partial charge in [-0.25, -0.2) is 4.98 Å². The summed E-state index contributed by atoms with van der Waals surface area (Å²) in [6.45, 7) is 2.58. The van der Waals surface area contributed by atoms with Crippen LogP contribution in [0.25, 0.3) is 0 Å². The Morgan fingerprint density at radius 2 is 2.14 bits per heavy atom. The zero-order chi connectivity index (χ0) is 20.1. The lowest BCUT2D eigenvalue weighted by Crippen LogP contribution is -2.42. The monoisotopic (exact) mass is 404 g/mol. The molecule has 1 aromatic carbocycles. The minimum Gasteiger partial charge on any atom is -0.376 e. The summed E-state index contributed by atoms with van der Waals surface area (Å²) in [6, 6.07) is 5.34. The van der Waals surface area contributed by atoms with Crippen molar-refractivity contribution in [3.8, 4) is 0 Å². The van der Waals surface area contributed by atoms with E-state index in [9.17, 15) is 19.7 Å². The second-order valence-electron chi connectivity index (χ2n) is 6.47. The maximum absolute atomic E-state index is 12.9. The normalized spacial score (nSPS) is 16.0. The molecule has 0 unspecified atom stereocenters. The van der Waals surface area contributed by atoms with Gasteiger partial charge in [0.25, 0.3) is 11.6 Å². The number of anilines is 1. The fraction of sp³-hybridized carbons (Fsp3) is 0.389. The van der Waals surface area contributed by atoms with E-state index >= 15 is 0 Å². The maximum Gasteiger partial charge on any atom is 0.269 e. The van der Waals surface area contributed by atoms with Crippen LogP contribution >= 0.6 is 11.3 Å². The van der Waals surface area contributed by atoms with Gasteiger partial charge in [0.2, 0.25) is 5.91 Å². The third-order valence-corrected chi connectivity index (χ3v) is 5.14. The highest BCUT2D eigenvalue weighted by Gasteiger charge is 2.26. The molecule has 10 heteroatoms. The highest BCUT2D eigenvalue weighted by molar-refractivity contribution is 7.13. The number of carbonyl (C=O) groups is 2. The predicted molar refractivity (Wildman–Crippen MR) is 103 cm³/mol. The van der Waals surface area contributed by atoms with Crippen molar-refractivity contribution in [1.82, 2.24) is 9.88 Å². The number of hydrogen-bond donors (Lipinski definition) is 1. The molecule has 1 N–H and O–H groups in total. The second-order valence-corrected chi connectivity index (χ2v) is 7.33. The Labute approximate surface area is 165 Å². The molecule has 2 aromatic rings. The number of carbonyl (C=O) groups excluding carboxylic acids is 2. The van der Waals surface area contributed by atoms with Gasteiger partial charge in [-0.1, -0.05) is 0 Å². The summed E-state index contributed by atoms with van der Waals surface area (Å²) in [5.41, 5.74) is 0.985. The molecule has 0 radical (unpaired) electrons. The Morgan fingerprint density at radius 1 is 1.39 bits per heavy atom. The zero-order valence-electron chi connectivity index (χ0n) is 15.3. The number of hydrogen-bond acceptors (Lipinski definition) is 7. The first-order chi connectivity index (χ1) is 13.4. The molecule has 1 aliphatic rings. The van der Waals surface area contributed by atoms with Gasteiger partial charge in [-0.05, 0) is 31.9 Å². The molecule has 0 bridgehead atoms. The highest BCUT2D eigenvalue weighted by Crippen LogP contribution is 2.18. The molecule has 28 heavy (non-hydrogen) atoms. The van der Waals surface area contributed by atoms with Crippen LogP contribution in [0.5, 0.6) is 0 Å². The van der Waals surface area contributed by atoms with Crippen LogP contribution in [0.4, 0.5) is 10.8 Å². The van der Waals surface area contributed by atoms with E-state index < -0.39 is 4.92 Å². The van der Waals surface area contributed by atoms with Crippen molar-refractivity contribution in [2.45, 2.75) is 25.9 Å². The molecule has 1 aromatic heterocycles. The van der Waals surface area contributed by atoms with Crippen molar-refractivity contribution in [3.05, 3.63) is 51.0 Å². The number of nitrogens with one attached hydrogen (secondary N) is 1. The molecule has 0 spiro atoms. The second kappa shape index (κ2) is 8.89. The van der Waals surface area contributed by atoms with Crippen molar-refractivity contribution < 1.29 is 19.2 Å². The van der Waals surface area contributed by atoms with Crippen LogP contribution in [0.3, 0.4) is 0 Å². The smallest absolute Gasteiger partial charge is 0.269 e. The number of thiazole rings is 1. The van der Waals surface area contributed by atoms with Crippen molar-refractivity contribution in [2.24, 2.45) is 0 Å². The predicted octanol–water partition coefficient (Wildman–Crippen LogP) is 2.62. The summed E-state index contributed by atoms with van der Waals surface area (Å²) in [4.78, 5) is 41.2. The van der Waals surface area contributed by atoms with E-state index in [-0.39, 0.29) is 42.3 Å².